The van der Waals surface area contributed by atoms with Crippen LogP contribution < -0.4 is 5.56 Å². The molecule has 2 aromatic heterocycles. The van der Waals surface area contributed by atoms with Crippen molar-refractivity contribution in [2.45, 2.75) is 5.16 Å². The molecule has 0 amide bonds. The van der Waals surface area contributed by atoms with Gasteiger partial charge in [-0.15, -0.1) is 6.58 Å². The molecular weight excluding hydrogens is 200 g/mol. The third-order valence-corrected chi connectivity index (χ3v) is 2.43. The second-order valence-electron chi connectivity index (χ2n) is 2.55. The number of nitrogens with one attached hydrogen (secondary N) is 1. The van der Waals surface area contributed by atoms with Crippen LogP contribution in [0.3, 0.4) is 0 Å². The summed E-state index contributed by atoms with van der Waals surface area (Å²) >= 11 is 1.47. The van der Waals surface area contributed by atoms with Gasteiger partial charge in [0.15, 0.2) is 5.16 Å². The summed E-state index contributed by atoms with van der Waals surface area (Å²) in [6, 6.07) is 1.38. The third kappa shape index (κ3) is 1.56. The molecule has 2 heterocycles. The van der Waals surface area contributed by atoms with Gasteiger partial charge in [0.05, 0.1) is 0 Å². The summed E-state index contributed by atoms with van der Waals surface area (Å²) in [6.45, 7) is 3.60. The van der Waals surface area contributed by atoms with Gasteiger partial charge in [0, 0.05) is 18.0 Å². The lowest BCUT2D eigenvalue weighted by Crippen LogP contribution is -2.12. The fraction of sp³-hybridized carbons (Fsp3) is 0.125. The molecule has 0 saturated carbocycles. The molecule has 0 spiro atoms. The normalized spacial score (nSPS) is 10.6. The van der Waals surface area contributed by atoms with Crippen LogP contribution in [0.1, 0.15) is 0 Å². The van der Waals surface area contributed by atoms with Crippen molar-refractivity contribution in [1.82, 2.24) is 19.6 Å². The van der Waals surface area contributed by atoms with Crippen molar-refractivity contribution in [3.63, 3.8) is 0 Å². The molecule has 0 saturated heterocycles. The summed E-state index contributed by atoms with van der Waals surface area (Å²) in [6.07, 6.45) is 3.22. The first-order chi connectivity index (χ1) is 6.81. The van der Waals surface area contributed by atoms with Gasteiger partial charge in [0.1, 0.15) is 0 Å². The van der Waals surface area contributed by atoms with E-state index in [0.717, 1.165) is 5.75 Å². The van der Waals surface area contributed by atoms with Gasteiger partial charge in [-0.3, -0.25) is 9.89 Å². The van der Waals surface area contributed by atoms with Gasteiger partial charge in [-0.25, -0.2) is 4.98 Å². The van der Waals surface area contributed by atoms with Crippen molar-refractivity contribution in [3.05, 3.63) is 35.3 Å². The van der Waals surface area contributed by atoms with Crippen molar-refractivity contribution in [3.8, 4) is 0 Å². The second-order valence-corrected chi connectivity index (χ2v) is 3.56. The Balaban J connectivity index is 2.46. The maximum absolute atomic E-state index is 11.3. The van der Waals surface area contributed by atoms with Crippen LogP contribution in [0.4, 0.5) is 0 Å². The number of hydrogen-bond donors (Lipinski definition) is 1. The number of aromatic nitrogens is 4. The van der Waals surface area contributed by atoms with Crippen LogP contribution in [0.5, 0.6) is 0 Å². The van der Waals surface area contributed by atoms with E-state index in [9.17, 15) is 4.79 Å². The highest BCUT2D eigenvalue weighted by Gasteiger charge is 2.03. The Labute approximate surface area is 83.9 Å². The highest BCUT2D eigenvalue weighted by molar-refractivity contribution is 7.99. The van der Waals surface area contributed by atoms with Crippen LogP contribution in [-0.4, -0.2) is 25.3 Å². The van der Waals surface area contributed by atoms with Crippen molar-refractivity contribution in [2.24, 2.45) is 0 Å². The average Bonchev–Trinajstić information content (AvgIpc) is 2.59. The van der Waals surface area contributed by atoms with Gasteiger partial charge >= 0.3 is 0 Å². The molecule has 0 fully saturated rings. The molecule has 72 valence electrons. The highest BCUT2D eigenvalue weighted by Crippen LogP contribution is 2.11. The van der Waals surface area contributed by atoms with Crippen molar-refractivity contribution >= 4 is 17.5 Å². The van der Waals surface area contributed by atoms with Crippen molar-refractivity contribution < 1.29 is 0 Å². The van der Waals surface area contributed by atoms with Crippen LogP contribution in [0, 0.1) is 0 Å². The van der Waals surface area contributed by atoms with Crippen molar-refractivity contribution in [2.75, 3.05) is 5.75 Å². The van der Waals surface area contributed by atoms with Gasteiger partial charge in [-0.2, -0.15) is 9.50 Å². The van der Waals surface area contributed by atoms with Gasteiger partial charge < -0.3 is 0 Å². The maximum atomic E-state index is 11.3. The molecule has 0 bridgehead atoms. The fourth-order valence-corrected chi connectivity index (χ4v) is 1.57. The molecule has 14 heavy (non-hydrogen) atoms. The molecule has 2 aromatic rings. The molecule has 0 unspecified atom stereocenters. The summed E-state index contributed by atoms with van der Waals surface area (Å²) in [5.41, 5.74) is -0.159. The SMILES string of the molecule is C=CCSc1nc2nccc(=O)n2[nH]1. The molecule has 2 rings (SSSR count). The van der Waals surface area contributed by atoms with Crippen LogP contribution in [0.15, 0.2) is 34.9 Å². The van der Waals surface area contributed by atoms with Crippen LogP contribution >= 0.6 is 11.8 Å². The van der Waals surface area contributed by atoms with Crippen LogP contribution in [0.25, 0.3) is 5.78 Å². The van der Waals surface area contributed by atoms with E-state index in [2.05, 4.69) is 21.6 Å². The lowest BCUT2D eigenvalue weighted by molar-refractivity contribution is 0.850. The Morgan fingerprint density at radius 3 is 3.29 bits per heavy atom. The first kappa shape index (κ1) is 9.01. The quantitative estimate of drug-likeness (QED) is 0.595. The van der Waals surface area contributed by atoms with E-state index in [1.54, 1.807) is 6.08 Å². The number of aromatic amines is 1. The number of thioether (sulfide) groups is 1. The van der Waals surface area contributed by atoms with E-state index in [1.165, 1.54) is 28.5 Å². The third-order valence-electron chi connectivity index (χ3n) is 1.57. The zero-order valence-corrected chi connectivity index (χ0v) is 8.12. The topological polar surface area (TPSA) is 63.1 Å². The molecule has 5 nitrogen and oxygen atoms in total. The Morgan fingerprint density at radius 1 is 1.71 bits per heavy atom. The number of hydrogen-bond acceptors (Lipinski definition) is 4. The molecule has 1 N–H and O–H groups in total. The first-order valence-corrected chi connectivity index (χ1v) is 4.97. The van der Waals surface area contributed by atoms with E-state index in [0.29, 0.717) is 10.9 Å². The molecular formula is C8H8N4OS. The summed E-state index contributed by atoms with van der Waals surface area (Å²) in [7, 11) is 0. The van der Waals surface area contributed by atoms with Crippen LogP contribution in [-0.2, 0) is 0 Å². The molecule has 0 aliphatic heterocycles. The van der Waals surface area contributed by atoms with Crippen LogP contribution in [0.2, 0.25) is 0 Å². The smallest absolute Gasteiger partial charge is 0.267 e. The summed E-state index contributed by atoms with van der Waals surface area (Å²) < 4.78 is 1.31. The van der Waals surface area contributed by atoms with Gasteiger partial charge in [0.25, 0.3) is 11.3 Å². The Bertz CT molecular complexity index is 515. The molecule has 0 radical (unpaired) electrons. The summed E-state index contributed by atoms with van der Waals surface area (Å²) in [5, 5.41) is 3.51. The average molecular weight is 208 g/mol. The molecule has 0 aliphatic carbocycles. The molecule has 6 heteroatoms. The summed E-state index contributed by atoms with van der Waals surface area (Å²) in [4.78, 5) is 19.4. The maximum Gasteiger partial charge on any atom is 0.273 e. The Morgan fingerprint density at radius 2 is 2.57 bits per heavy atom. The van der Waals surface area contributed by atoms with E-state index in [4.69, 9.17) is 0 Å². The molecule has 0 atom stereocenters. The Kier molecular flexibility index (Phi) is 2.36. The van der Waals surface area contributed by atoms with E-state index in [-0.39, 0.29) is 5.56 Å². The number of fused-ring (bicyclic) bond motifs is 1. The number of H-pyrrole nitrogens is 1. The molecule has 0 aromatic carbocycles. The minimum absolute atomic E-state index is 0.159. The largest absolute Gasteiger partial charge is 0.273 e. The predicted molar refractivity (Wildman–Crippen MR) is 54.5 cm³/mol. The van der Waals surface area contributed by atoms with Gasteiger partial charge in [0.2, 0.25) is 0 Å². The van der Waals surface area contributed by atoms with Gasteiger partial charge in [-0.1, -0.05) is 17.8 Å². The zero-order valence-electron chi connectivity index (χ0n) is 7.30. The first-order valence-electron chi connectivity index (χ1n) is 3.99. The zero-order chi connectivity index (χ0) is 9.97. The standard InChI is InChI=1S/C8H8N4OS/c1-2-5-14-8-10-7-9-4-3-6(13)12(7)11-8/h2-4H,1,5H2,(H,9,10,11). The van der Waals surface area contributed by atoms with Gasteiger partial charge in [-0.05, 0) is 0 Å². The number of rotatable bonds is 3. The second kappa shape index (κ2) is 3.67. The minimum Gasteiger partial charge on any atom is -0.267 e. The Hall–Kier alpha value is -1.56. The minimum atomic E-state index is -0.159. The highest BCUT2D eigenvalue weighted by atomic mass is 32.2. The lowest BCUT2D eigenvalue weighted by atomic mass is 10.7. The van der Waals surface area contributed by atoms with E-state index >= 15 is 0 Å². The van der Waals surface area contributed by atoms with Crippen molar-refractivity contribution in [1.29, 1.82) is 0 Å². The van der Waals surface area contributed by atoms with E-state index in [1.807, 2.05) is 0 Å². The molecule has 0 aliphatic rings. The van der Waals surface area contributed by atoms with E-state index < -0.39 is 0 Å². The summed E-state index contributed by atoms with van der Waals surface area (Å²) in [5.74, 6) is 1.14. The number of nitrogens with zero attached hydrogens (tertiary/aromatic N) is 3. The lowest BCUT2D eigenvalue weighted by Gasteiger charge is -1.88. The monoisotopic (exact) mass is 208 g/mol. The fourth-order valence-electron chi connectivity index (χ4n) is 0.996. The predicted octanol–water partition coefficient (Wildman–Crippen LogP) is 0.696.